The van der Waals surface area contributed by atoms with Crippen molar-refractivity contribution in [3.63, 3.8) is 0 Å². The van der Waals surface area contributed by atoms with Crippen LogP contribution >= 0.6 is 23.6 Å². The van der Waals surface area contributed by atoms with Crippen LogP contribution in [-0.2, 0) is 6.54 Å². The molecule has 0 saturated carbocycles. The second kappa shape index (κ2) is 3.99. The third kappa shape index (κ3) is 1.79. The van der Waals surface area contributed by atoms with Crippen LogP contribution in [0.25, 0.3) is 0 Å². The number of carbonyl (C=O) groups excluding carboxylic acids is 1. The Hall–Kier alpha value is -0.720. The molecule has 0 atom stereocenters. The molecule has 3 N–H and O–H groups in total. The van der Waals surface area contributed by atoms with Gasteiger partial charge in [0.05, 0.1) is 0 Å². The molecule has 1 heterocycles. The van der Waals surface area contributed by atoms with Crippen molar-refractivity contribution in [3.05, 3.63) is 14.5 Å². The van der Waals surface area contributed by atoms with Gasteiger partial charge in [-0.3, -0.25) is 10.2 Å². The molecule has 6 heteroatoms. The maximum absolute atomic E-state index is 11.2. The summed E-state index contributed by atoms with van der Waals surface area (Å²) in [6.45, 7) is 4.62. The SMILES string of the molecule is CCn1c(C)c(C(=O)NN)sc1=S. The van der Waals surface area contributed by atoms with Crippen LogP contribution in [-0.4, -0.2) is 10.5 Å². The first-order valence-electron chi connectivity index (χ1n) is 3.83. The van der Waals surface area contributed by atoms with E-state index in [1.807, 2.05) is 18.4 Å². The summed E-state index contributed by atoms with van der Waals surface area (Å²) in [6, 6.07) is 0. The lowest BCUT2D eigenvalue weighted by Crippen LogP contribution is -2.29. The van der Waals surface area contributed by atoms with Crippen LogP contribution in [0.4, 0.5) is 0 Å². The van der Waals surface area contributed by atoms with Gasteiger partial charge in [-0.05, 0) is 26.1 Å². The molecular weight excluding hydrogens is 206 g/mol. The van der Waals surface area contributed by atoms with E-state index in [0.717, 1.165) is 12.2 Å². The van der Waals surface area contributed by atoms with Crippen LogP contribution in [0.1, 0.15) is 22.3 Å². The van der Waals surface area contributed by atoms with Gasteiger partial charge in [0, 0.05) is 12.2 Å². The van der Waals surface area contributed by atoms with E-state index >= 15 is 0 Å². The van der Waals surface area contributed by atoms with E-state index in [9.17, 15) is 4.79 Å². The first-order chi connectivity index (χ1) is 6.11. The lowest BCUT2D eigenvalue weighted by Gasteiger charge is -2.01. The van der Waals surface area contributed by atoms with Crippen LogP contribution in [0.5, 0.6) is 0 Å². The highest BCUT2D eigenvalue weighted by atomic mass is 32.1. The molecule has 0 radical (unpaired) electrons. The number of hydrazine groups is 1. The molecule has 0 spiro atoms. The van der Waals surface area contributed by atoms with E-state index in [1.54, 1.807) is 0 Å². The third-order valence-corrected chi connectivity index (χ3v) is 3.35. The smallest absolute Gasteiger partial charge is 0.277 e. The molecule has 0 bridgehead atoms. The highest BCUT2D eigenvalue weighted by Gasteiger charge is 2.13. The standard InChI is InChI=1S/C7H11N3OS2/c1-3-10-4(2)5(6(11)9-8)13-7(10)12/h3,8H2,1-2H3,(H,9,11). The molecular formula is C7H11N3OS2. The minimum absolute atomic E-state index is 0.277. The average Bonchev–Trinajstić information content (AvgIpc) is 2.40. The van der Waals surface area contributed by atoms with Crippen LogP contribution in [0, 0.1) is 10.9 Å². The van der Waals surface area contributed by atoms with Gasteiger partial charge >= 0.3 is 0 Å². The van der Waals surface area contributed by atoms with Gasteiger partial charge in [0.2, 0.25) is 0 Å². The summed E-state index contributed by atoms with van der Waals surface area (Å²) in [5.41, 5.74) is 2.97. The zero-order valence-corrected chi connectivity index (χ0v) is 9.09. The van der Waals surface area contributed by atoms with Crippen LogP contribution in [0.15, 0.2) is 0 Å². The number of hydrogen-bond acceptors (Lipinski definition) is 4. The molecule has 1 amide bonds. The molecule has 72 valence electrons. The summed E-state index contributed by atoms with van der Waals surface area (Å²) in [5, 5.41) is 0. The first-order valence-corrected chi connectivity index (χ1v) is 5.05. The number of nitrogens with zero attached hydrogens (tertiary/aromatic N) is 1. The number of nitrogen functional groups attached to an aromatic ring is 1. The largest absolute Gasteiger partial charge is 0.327 e. The third-order valence-electron chi connectivity index (χ3n) is 1.80. The van der Waals surface area contributed by atoms with Crippen molar-refractivity contribution in [2.24, 2.45) is 5.84 Å². The Morgan fingerprint density at radius 2 is 2.38 bits per heavy atom. The molecule has 4 nitrogen and oxygen atoms in total. The maximum Gasteiger partial charge on any atom is 0.277 e. The molecule has 0 aliphatic heterocycles. The number of carbonyl (C=O) groups is 1. The Bertz CT molecular complexity index is 380. The summed E-state index contributed by atoms with van der Waals surface area (Å²) in [5.74, 6) is 4.76. The van der Waals surface area contributed by atoms with Crippen LogP contribution < -0.4 is 11.3 Å². The van der Waals surface area contributed by atoms with Crippen molar-refractivity contribution in [2.45, 2.75) is 20.4 Å². The lowest BCUT2D eigenvalue weighted by atomic mass is 10.3. The number of nitrogens with two attached hydrogens (primary N) is 1. The number of aromatic nitrogens is 1. The van der Waals surface area contributed by atoms with Crippen molar-refractivity contribution in [1.82, 2.24) is 9.99 Å². The second-order valence-corrected chi connectivity index (χ2v) is 4.14. The van der Waals surface area contributed by atoms with Gasteiger partial charge in [-0.15, -0.1) is 0 Å². The molecule has 0 aliphatic carbocycles. The lowest BCUT2D eigenvalue weighted by molar-refractivity contribution is 0.0956. The van der Waals surface area contributed by atoms with Crippen molar-refractivity contribution >= 4 is 29.5 Å². The normalized spacial score (nSPS) is 10.1. The summed E-state index contributed by atoms with van der Waals surface area (Å²) >= 11 is 6.37. The Kier molecular flexibility index (Phi) is 3.18. The predicted octanol–water partition coefficient (Wildman–Crippen LogP) is 1.21. The summed E-state index contributed by atoms with van der Waals surface area (Å²) < 4.78 is 2.61. The van der Waals surface area contributed by atoms with Gasteiger partial charge in [-0.2, -0.15) is 0 Å². The minimum Gasteiger partial charge on any atom is -0.327 e. The molecule has 0 aliphatic rings. The number of hydrogen-bond donors (Lipinski definition) is 2. The zero-order chi connectivity index (χ0) is 10.0. The summed E-state index contributed by atoms with van der Waals surface area (Å²) in [6.07, 6.45) is 0. The van der Waals surface area contributed by atoms with E-state index in [-0.39, 0.29) is 5.91 Å². The van der Waals surface area contributed by atoms with Gasteiger partial charge in [0.15, 0.2) is 3.95 Å². The highest BCUT2D eigenvalue weighted by Crippen LogP contribution is 2.18. The molecule has 13 heavy (non-hydrogen) atoms. The summed E-state index contributed by atoms with van der Waals surface area (Å²) in [7, 11) is 0. The van der Waals surface area contributed by atoms with E-state index < -0.39 is 0 Å². The Morgan fingerprint density at radius 1 is 1.77 bits per heavy atom. The number of thiazole rings is 1. The predicted molar refractivity (Wildman–Crippen MR) is 55.2 cm³/mol. The molecule has 1 aromatic rings. The quantitative estimate of drug-likeness (QED) is 0.339. The molecule has 0 saturated heterocycles. The zero-order valence-electron chi connectivity index (χ0n) is 7.46. The number of amides is 1. The molecule has 0 aromatic carbocycles. The van der Waals surface area contributed by atoms with E-state index in [1.165, 1.54) is 11.3 Å². The molecule has 0 fully saturated rings. The Balaban J connectivity index is 3.26. The monoisotopic (exact) mass is 217 g/mol. The highest BCUT2D eigenvalue weighted by molar-refractivity contribution is 7.73. The minimum atomic E-state index is -0.277. The first kappa shape index (κ1) is 10.4. The van der Waals surface area contributed by atoms with Crippen molar-refractivity contribution < 1.29 is 4.79 Å². The van der Waals surface area contributed by atoms with Gasteiger partial charge in [-0.1, -0.05) is 11.3 Å². The molecule has 0 unspecified atom stereocenters. The number of nitrogens with one attached hydrogen (secondary N) is 1. The van der Waals surface area contributed by atoms with Crippen molar-refractivity contribution in [1.29, 1.82) is 0 Å². The van der Waals surface area contributed by atoms with Crippen LogP contribution in [0.2, 0.25) is 0 Å². The number of rotatable bonds is 2. The topological polar surface area (TPSA) is 60.0 Å². The van der Waals surface area contributed by atoms with Gasteiger partial charge in [-0.25, -0.2) is 5.84 Å². The fraction of sp³-hybridized carbons (Fsp3) is 0.429. The van der Waals surface area contributed by atoms with Crippen molar-refractivity contribution in [2.75, 3.05) is 0 Å². The van der Waals surface area contributed by atoms with Gasteiger partial charge in [0.1, 0.15) is 4.88 Å². The van der Waals surface area contributed by atoms with Crippen molar-refractivity contribution in [3.8, 4) is 0 Å². The van der Waals surface area contributed by atoms with E-state index in [0.29, 0.717) is 8.83 Å². The maximum atomic E-state index is 11.2. The van der Waals surface area contributed by atoms with E-state index in [4.69, 9.17) is 18.1 Å². The fourth-order valence-corrected chi connectivity index (χ4v) is 2.59. The molecule has 1 aromatic heterocycles. The summed E-state index contributed by atoms with van der Waals surface area (Å²) in [4.78, 5) is 11.8. The fourth-order valence-electron chi connectivity index (χ4n) is 1.12. The second-order valence-electron chi connectivity index (χ2n) is 2.50. The van der Waals surface area contributed by atoms with E-state index in [2.05, 4.69) is 5.43 Å². The van der Waals surface area contributed by atoms with Gasteiger partial charge in [0.25, 0.3) is 5.91 Å². The van der Waals surface area contributed by atoms with Gasteiger partial charge < -0.3 is 4.57 Å². The molecule has 1 rings (SSSR count). The average molecular weight is 217 g/mol. The Morgan fingerprint density at radius 3 is 2.77 bits per heavy atom. The van der Waals surface area contributed by atoms with Crippen LogP contribution in [0.3, 0.4) is 0 Å². The Labute approximate surface area is 85.3 Å².